The van der Waals surface area contributed by atoms with Crippen LogP contribution in [0.4, 0.5) is 0 Å². The molecule has 3 aliphatic rings. The minimum atomic E-state index is 0.453. The highest BCUT2D eigenvalue weighted by Gasteiger charge is 2.38. The summed E-state index contributed by atoms with van der Waals surface area (Å²) in [6.07, 6.45) is 4.03. The lowest BCUT2D eigenvalue weighted by molar-refractivity contribution is 0.121. The third kappa shape index (κ3) is 1.47. The van der Waals surface area contributed by atoms with E-state index in [1.807, 2.05) is 0 Å². The van der Waals surface area contributed by atoms with Crippen molar-refractivity contribution >= 4 is 0 Å². The fourth-order valence-corrected chi connectivity index (χ4v) is 3.53. The van der Waals surface area contributed by atoms with Crippen LogP contribution in [0.1, 0.15) is 19.3 Å². The molecule has 2 bridgehead atoms. The number of likely N-dealkylation sites (tertiary alicyclic amines) is 1. The van der Waals surface area contributed by atoms with Crippen LogP contribution in [0.5, 0.6) is 0 Å². The summed E-state index contributed by atoms with van der Waals surface area (Å²) in [7, 11) is 0. The van der Waals surface area contributed by atoms with E-state index in [1.54, 1.807) is 0 Å². The molecule has 3 rings (SSSR count). The van der Waals surface area contributed by atoms with Gasteiger partial charge < -0.3 is 10.6 Å². The maximum Gasteiger partial charge on any atom is 0.0180 e. The van der Waals surface area contributed by atoms with E-state index < -0.39 is 0 Å². The molecular formula is C11H21N3. The lowest BCUT2D eigenvalue weighted by atomic mass is 9.93. The molecule has 0 radical (unpaired) electrons. The van der Waals surface area contributed by atoms with E-state index in [0.29, 0.717) is 6.04 Å². The van der Waals surface area contributed by atoms with E-state index in [4.69, 9.17) is 5.73 Å². The third-order valence-electron chi connectivity index (χ3n) is 4.32. The zero-order valence-corrected chi connectivity index (χ0v) is 8.86. The molecule has 3 fully saturated rings. The zero-order chi connectivity index (χ0) is 9.54. The molecule has 0 aromatic carbocycles. The van der Waals surface area contributed by atoms with Gasteiger partial charge in [-0.05, 0) is 38.3 Å². The van der Waals surface area contributed by atoms with Gasteiger partial charge in [-0.1, -0.05) is 0 Å². The minimum Gasteiger partial charge on any atom is -0.326 e. The lowest BCUT2D eigenvalue weighted by Gasteiger charge is -2.36. The summed E-state index contributed by atoms with van der Waals surface area (Å²) in [5, 5.41) is 0. The zero-order valence-electron chi connectivity index (χ0n) is 8.86. The smallest absolute Gasteiger partial charge is 0.0180 e. The van der Waals surface area contributed by atoms with Crippen LogP contribution in [0, 0.1) is 5.92 Å². The van der Waals surface area contributed by atoms with Crippen molar-refractivity contribution < 1.29 is 0 Å². The summed E-state index contributed by atoms with van der Waals surface area (Å²) in [5.41, 5.74) is 5.98. The number of hydrogen-bond donors (Lipinski definition) is 1. The Morgan fingerprint density at radius 3 is 2.57 bits per heavy atom. The summed E-state index contributed by atoms with van der Waals surface area (Å²) < 4.78 is 0. The standard InChI is InChI=1S/C11H21N3/c12-10-2-6-14(8-10)11-3-5-13-4-1-9(11)7-13/h9-11H,1-8,12H2. The molecule has 0 spiro atoms. The number of fused-ring (bicyclic) bond motifs is 2. The molecule has 2 N–H and O–H groups in total. The highest BCUT2D eigenvalue weighted by Crippen LogP contribution is 2.32. The fraction of sp³-hybridized carbons (Fsp3) is 1.00. The normalized spacial score (nSPS) is 48.6. The van der Waals surface area contributed by atoms with E-state index in [9.17, 15) is 0 Å². The van der Waals surface area contributed by atoms with Crippen molar-refractivity contribution in [2.75, 3.05) is 32.7 Å². The van der Waals surface area contributed by atoms with Crippen molar-refractivity contribution in [3.8, 4) is 0 Å². The van der Waals surface area contributed by atoms with Crippen LogP contribution in [0.2, 0.25) is 0 Å². The fourth-order valence-electron chi connectivity index (χ4n) is 3.53. The van der Waals surface area contributed by atoms with Crippen molar-refractivity contribution in [3.63, 3.8) is 0 Å². The van der Waals surface area contributed by atoms with Crippen LogP contribution in [-0.2, 0) is 0 Å². The molecule has 3 heteroatoms. The predicted octanol–water partition coefficient (Wildman–Crippen LogP) is 0.114. The second kappa shape index (κ2) is 3.47. The van der Waals surface area contributed by atoms with Gasteiger partial charge in [0, 0.05) is 31.7 Å². The van der Waals surface area contributed by atoms with Crippen LogP contribution < -0.4 is 5.73 Å². The Hall–Kier alpha value is -0.120. The van der Waals surface area contributed by atoms with Gasteiger partial charge in [-0.15, -0.1) is 0 Å². The molecule has 0 saturated carbocycles. The lowest BCUT2D eigenvalue weighted by Crippen LogP contribution is -2.46. The minimum absolute atomic E-state index is 0.453. The van der Waals surface area contributed by atoms with Gasteiger partial charge in [0.2, 0.25) is 0 Å². The molecule has 80 valence electrons. The summed E-state index contributed by atoms with van der Waals surface area (Å²) >= 11 is 0. The number of nitrogens with zero attached hydrogens (tertiary/aromatic N) is 2. The molecular weight excluding hydrogens is 174 g/mol. The molecule has 0 amide bonds. The number of piperidine rings is 1. The molecule has 3 aliphatic heterocycles. The second-order valence-electron chi connectivity index (χ2n) is 5.25. The van der Waals surface area contributed by atoms with Gasteiger partial charge in [-0.25, -0.2) is 0 Å². The Balaban J connectivity index is 1.66. The van der Waals surface area contributed by atoms with Gasteiger partial charge in [0.25, 0.3) is 0 Å². The molecule has 14 heavy (non-hydrogen) atoms. The highest BCUT2D eigenvalue weighted by molar-refractivity contribution is 4.94. The van der Waals surface area contributed by atoms with Gasteiger partial charge >= 0.3 is 0 Å². The van der Waals surface area contributed by atoms with Crippen LogP contribution in [0.15, 0.2) is 0 Å². The van der Waals surface area contributed by atoms with Crippen molar-refractivity contribution in [2.24, 2.45) is 11.7 Å². The van der Waals surface area contributed by atoms with Gasteiger partial charge in [0.1, 0.15) is 0 Å². The van der Waals surface area contributed by atoms with Crippen LogP contribution in [-0.4, -0.2) is 54.6 Å². The summed E-state index contributed by atoms with van der Waals surface area (Å²) in [6.45, 7) is 6.44. The highest BCUT2D eigenvalue weighted by atomic mass is 15.2. The molecule has 0 aliphatic carbocycles. The van der Waals surface area contributed by atoms with Crippen LogP contribution in [0.3, 0.4) is 0 Å². The Labute approximate surface area is 86.2 Å². The Bertz CT molecular complexity index is 219. The molecule has 0 aromatic heterocycles. The van der Waals surface area contributed by atoms with Crippen molar-refractivity contribution in [1.29, 1.82) is 0 Å². The third-order valence-corrected chi connectivity index (χ3v) is 4.32. The first-order valence-corrected chi connectivity index (χ1v) is 6.05. The Morgan fingerprint density at radius 2 is 1.79 bits per heavy atom. The quantitative estimate of drug-likeness (QED) is 0.645. The largest absolute Gasteiger partial charge is 0.326 e. The summed E-state index contributed by atoms with van der Waals surface area (Å²) in [6, 6.07) is 1.32. The summed E-state index contributed by atoms with van der Waals surface area (Å²) in [5.74, 6) is 0.953. The number of rotatable bonds is 1. The average Bonchev–Trinajstić information content (AvgIpc) is 2.75. The Morgan fingerprint density at radius 1 is 0.929 bits per heavy atom. The van der Waals surface area contributed by atoms with E-state index in [2.05, 4.69) is 9.80 Å². The first-order valence-electron chi connectivity index (χ1n) is 6.05. The van der Waals surface area contributed by atoms with E-state index in [0.717, 1.165) is 18.5 Å². The maximum atomic E-state index is 5.98. The molecule has 3 heterocycles. The van der Waals surface area contributed by atoms with E-state index in [-0.39, 0.29) is 0 Å². The SMILES string of the molecule is NC1CCN(C2CCN3CCC2C3)C1. The topological polar surface area (TPSA) is 32.5 Å². The number of nitrogens with two attached hydrogens (primary N) is 1. The van der Waals surface area contributed by atoms with E-state index in [1.165, 1.54) is 45.4 Å². The predicted molar refractivity (Wildman–Crippen MR) is 57.1 cm³/mol. The van der Waals surface area contributed by atoms with Gasteiger partial charge in [-0.2, -0.15) is 0 Å². The Kier molecular flexibility index (Phi) is 2.26. The second-order valence-corrected chi connectivity index (χ2v) is 5.25. The first-order chi connectivity index (χ1) is 6.83. The monoisotopic (exact) mass is 195 g/mol. The maximum absolute atomic E-state index is 5.98. The molecule has 4 unspecified atom stereocenters. The van der Waals surface area contributed by atoms with Gasteiger partial charge in [-0.3, -0.25) is 4.90 Å². The van der Waals surface area contributed by atoms with Gasteiger partial charge in [0.15, 0.2) is 0 Å². The van der Waals surface area contributed by atoms with Crippen molar-refractivity contribution in [1.82, 2.24) is 9.80 Å². The first kappa shape index (κ1) is 9.13. The van der Waals surface area contributed by atoms with E-state index >= 15 is 0 Å². The van der Waals surface area contributed by atoms with Crippen molar-refractivity contribution in [3.05, 3.63) is 0 Å². The van der Waals surface area contributed by atoms with Crippen molar-refractivity contribution in [2.45, 2.75) is 31.3 Å². The molecule has 0 aromatic rings. The van der Waals surface area contributed by atoms with Gasteiger partial charge in [0.05, 0.1) is 0 Å². The van der Waals surface area contributed by atoms with Crippen LogP contribution in [0.25, 0.3) is 0 Å². The summed E-state index contributed by atoms with van der Waals surface area (Å²) in [4.78, 5) is 5.29. The molecule has 4 atom stereocenters. The molecule has 3 saturated heterocycles. The number of hydrogen-bond acceptors (Lipinski definition) is 3. The average molecular weight is 195 g/mol. The molecule has 3 nitrogen and oxygen atoms in total. The van der Waals surface area contributed by atoms with Crippen LogP contribution >= 0.6 is 0 Å².